The van der Waals surface area contributed by atoms with Crippen LogP contribution in [-0.2, 0) is 24.2 Å². The van der Waals surface area contributed by atoms with Crippen LogP contribution in [0.1, 0.15) is 11.4 Å². The summed E-state index contributed by atoms with van der Waals surface area (Å²) in [6.07, 6.45) is 4.88. The maximum atomic E-state index is 5.12. The SMILES string of the molecule is COCCn1cnnc1CN(C)CCc1c[nH]c2ccccc12. The number of para-hydroxylation sites is 1. The maximum Gasteiger partial charge on any atom is 0.147 e. The van der Waals surface area contributed by atoms with Crippen molar-refractivity contribution >= 4 is 10.9 Å². The largest absolute Gasteiger partial charge is 0.383 e. The number of fused-ring (bicyclic) bond motifs is 1. The topological polar surface area (TPSA) is 59.0 Å². The van der Waals surface area contributed by atoms with Crippen molar-refractivity contribution in [2.24, 2.45) is 0 Å². The summed E-state index contributed by atoms with van der Waals surface area (Å²) in [7, 11) is 3.82. The molecule has 0 fully saturated rings. The first-order valence-electron chi connectivity index (χ1n) is 7.87. The number of methoxy groups -OCH3 is 1. The number of H-pyrrole nitrogens is 1. The smallest absolute Gasteiger partial charge is 0.147 e. The van der Waals surface area contributed by atoms with Crippen LogP contribution >= 0.6 is 0 Å². The van der Waals surface area contributed by atoms with Gasteiger partial charge in [0.2, 0.25) is 0 Å². The van der Waals surface area contributed by atoms with E-state index in [-0.39, 0.29) is 0 Å². The van der Waals surface area contributed by atoms with Crippen LogP contribution in [0.5, 0.6) is 0 Å². The number of nitrogens with zero attached hydrogens (tertiary/aromatic N) is 4. The summed E-state index contributed by atoms with van der Waals surface area (Å²) in [5.74, 6) is 0.975. The van der Waals surface area contributed by atoms with Gasteiger partial charge in [-0.15, -0.1) is 10.2 Å². The molecule has 0 atom stereocenters. The van der Waals surface area contributed by atoms with E-state index in [2.05, 4.69) is 57.6 Å². The Hall–Kier alpha value is -2.18. The Morgan fingerprint density at radius 1 is 1.30 bits per heavy atom. The predicted octanol–water partition coefficient (Wildman–Crippen LogP) is 2.08. The third-order valence-electron chi connectivity index (χ3n) is 4.08. The van der Waals surface area contributed by atoms with Crippen molar-refractivity contribution in [3.8, 4) is 0 Å². The number of aromatic nitrogens is 4. The Morgan fingerprint density at radius 2 is 2.17 bits per heavy atom. The molecule has 23 heavy (non-hydrogen) atoms. The highest BCUT2D eigenvalue weighted by atomic mass is 16.5. The Kier molecular flexibility index (Phi) is 5.05. The lowest BCUT2D eigenvalue weighted by molar-refractivity contribution is 0.184. The van der Waals surface area contributed by atoms with E-state index >= 15 is 0 Å². The van der Waals surface area contributed by atoms with Crippen LogP contribution in [0.4, 0.5) is 0 Å². The summed E-state index contributed by atoms with van der Waals surface area (Å²) < 4.78 is 7.17. The third kappa shape index (κ3) is 3.78. The molecule has 0 saturated carbocycles. The fourth-order valence-electron chi connectivity index (χ4n) is 2.75. The fourth-order valence-corrected chi connectivity index (χ4v) is 2.75. The van der Waals surface area contributed by atoms with Gasteiger partial charge in [-0.05, 0) is 25.1 Å². The molecule has 0 unspecified atom stereocenters. The first-order chi connectivity index (χ1) is 11.3. The lowest BCUT2D eigenvalue weighted by Gasteiger charge is -2.16. The molecule has 0 radical (unpaired) electrons. The highest BCUT2D eigenvalue weighted by molar-refractivity contribution is 5.83. The molecular weight excluding hydrogens is 290 g/mol. The van der Waals surface area contributed by atoms with E-state index in [0.29, 0.717) is 6.61 Å². The summed E-state index contributed by atoms with van der Waals surface area (Å²) in [4.78, 5) is 5.60. The van der Waals surface area contributed by atoms with E-state index in [0.717, 1.165) is 31.9 Å². The number of ether oxygens (including phenoxy) is 1. The second-order valence-electron chi connectivity index (χ2n) is 5.78. The average molecular weight is 313 g/mol. The number of likely N-dealkylation sites (N-methyl/N-ethyl adjacent to an activating group) is 1. The van der Waals surface area contributed by atoms with Crippen molar-refractivity contribution < 1.29 is 4.74 Å². The lowest BCUT2D eigenvalue weighted by atomic mass is 10.1. The highest BCUT2D eigenvalue weighted by Crippen LogP contribution is 2.18. The predicted molar refractivity (Wildman–Crippen MR) is 90.2 cm³/mol. The normalized spacial score (nSPS) is 11.6. The van der Waals surface area contributed by atoms with E-state index in [1.54, 1.807) is 13.4 Å². The van der Waals surface area contributed by atoms with E-state index in [4.69, 9.17) is 4.74 Å². The monoisotopic (exact) mass is 313 g/mol. The van der Waals surface area contributed by atoms with Gasteiger partial charge in [-0.1, -0.05) is 18.2 Å². The van der Waals surface area contributed by atoms with Crippen LogP contribution in [-0.4, -0.2) is 52.0 Å². The summed E-state index contributed by atoms with van der Waals surface area (Å²) >= 11 is 0. The third-order valence-corrected chi connectivity index (χ3v) is 4.08. The Balaban J connectivity index is 1.57. The van der Waals surface area contributed by atoms with Crippen LogP contribution in [0.3, 0.4) is 0 Å². The fraction of sp³-hybridized carbons (Fsp3) is 0.412. The number of benzene rings is 1. The van der Waals surface area contributed by atoms with Crippen molar-refractivity contribution in [1.29, 1.82) is 0 Å². The standard InChI is InChI=1S/C17H23N5O/c1-21(12-17-20-19-13-22(17)9-10-23-2)8-7-14-11-18-16-6-4-3-5-15(14)16/h3-6,11,13,18H,7-10,12H2,1-2H3. The van der Waals surface area contributed by atoms with Gasteiger partial charge in [0.1, 0.15) is 12.2 Å². The van der Waals surface area contributed by atoms with Crippen molar-refractivity contribution in [2.45, 2.75) is 19.5 Å². The van der Waals surface area contributed by atoms with Gasteiger partial charge in [0.25, 0.3) is 0 Å². The molecule has 6 heteroatoms. The molecule has 2 heterocycles. The van der Waals surface area contributed by atoms with Crippen LogP contribution in [0.15, 0.2) is 36.8 Å². The second kappa shape index (κ2) is 7.39. The summed E-state index contributed by atoms with van der Waals surface area (Å²) in [6.45, 7) is 3.21. The average Bonchev–Trinajstić information content (AvgIpc) is 3.17. The molecule has 3 aromatic rings. The molecule has 2 aromatic heterocycles. The number of aromatic amines is 1. The van der Waals surface area contributed by atoms with Gasteiger partial charge in [0.05, 0.1) is 13.2 Å². The summed E-state index contributed by atoms with van der Waals surface area (Å²) in [6, 6.07) is 8.42. The molecule has 0 aliphatic rings. The number of hydrogen-bond donors (Lipinski definition) is 1. The van der Waals surface area contributed by atoms with Crippen LogP contribution in [0.2, 0.25) is 0 Å². The van der Waals surface area contributed by atoms with Gasteiger partial charge in [0, 0.05) is 37.3 Å². The Morgan fingerprint density at radius 3 is 3.04 bits per heavy atom. The van der Waals surface area contributed by atoms with Crippen molar-refractivity contribution in [1.82, 2.24) is 24.6 Å². The van der Waals surface area contributed by atoms with Gasteiger partial charge in [-0.25, -0.2) is 0 Å². The van der Waals surface area contributed by atoms with E-state index in [9.17, 15) is 0 Å². The van der Waals surface area contributed by atoms with Gasteiger partial charge in [-0.3, -0.25) is 4.90 Å². The first-order valence-corrected chi connectivity index (χ1v) is 7.87. The Labute approximate surface area is 136 Å². The van der Waals surface area contributed by atoms with Gasteiger partial charge in [0.15, 0.2) is 0 Å². The van der Waals surface area contributed by atoms with Gasteiger partial charge >= 0.3 is 0 Å². The highest BCUT2D eigenvalue weighted by Gasteiger charge is 2.09. The minimum atomic E-state index is 0.671. The molecule has 122 valence electrons. The van der Waals surface area contributed by atoms with Crippen LogP contribution in [0, 0.1) is 0 Å². The molecule has 6 nitrogen and oxygen atoms in total. The van der Waals surface area contributed by atoms with E-state index < -0.39 is 0 Å². The maximum absolute atomic E-state index is 5.12. The molecule has 3 rings (SSSR count). The summed E-state index contributed by atoms with van der Waals surface area (Å²) in [5, 5.41) is 9.53. The van der Waals surface area contributed by atoms with Crippen molar-refractivity contribution in [2.75, 3.05) is 27.3 Å². The first kappa shape index (κ1) is 15.7. The van der Waals surface area contributed by atoms with Gasteiger partial charge < -0.3 is 14.3 Å². The second-order valence-corrected chi connectivity index (χ2v) is 5.78. The lowest BCUT2D eigenvalue weighted by Crippen LogP contribution is -2.23. The minimum Gasteiger partial charge on any atom is -0.383 e. The minimum absolute atomic E-state index is 0.671. The van der Waals surface area contributed by atoms with Crippen molar-refractivity contribution in [3.05, 3.63) is 48.2 Å². The molecule has 0 bridgehead atoms. The molecule has 0 spiro atoms. The summed E-state index contributed by atoms with van der Waals surface area (Å²) in [5.41, 5.74) is 2.55. The molecule has 0 aliphatic heterocycles. The molecular formula is C17H23N5O. The molecule has 1 N–H and O–H groups in total. The zero-order chi connectivity index (χ0) is 16.1. The van der Waals surface area contributed by atoms with Crippen LogP contribution < -0.4 is 0 Å². The zero-order valence-corrected chi connectivity index (χ0v) is 13.7. The quantitative estimate of drug-likeness (QED) is 0.692. The van der Waals surface area contributed by atoms with Crippen molar-refractivity contribution in [3.63, 3.8) is 0 Å². The number of hydrogen-bond acceptors (Lipinski definition) is 4. The molecule has 0 saturated heterocycles. The molecule has 1 aromatic carbocycles. The molecule has 0 aliphatic carbocycles. The molecule has 0 amide bonds. The van der Waals surface area contributed by atoms with Gasteiger partial charge in [-0.2, -0.15) is 0 Å². The van der Waals surface area contributed by atoms with Crippen LogP contribution in [0.25, 0.3) is 10.9 Å². The number of nitrogens with one attached hydrogen (secondary N) is 1. The number of rotatable bonds is 8. The van der Waals surface area contributed by atoms with E-state index in [1.165, 1.54) is 16.5 Å². The zero-order valence-electron chi connectivity index (χ0n) is 13.7. The Bertz CT molecular complexity index is 748. The van der Waals surface area contributed by atoms with E-state index in [1.807, 2.05) is 4.57 Å².